The van der Waals surface area contributed by atoms with Crippen molar-refractivity contribution in [1.82, 2.24) is 10.2 Å². The maximum absolute atomic E-state index is 14.0. The summed E-state index contributed by atoms with van der Waals surface area (Å²) in [6.07, 6.45) is 0.278. The van der Waals surface area contributed by atoms with Crippen molar-refractivity contribution >= 4 is 27.5 Å². The maximum atomic E-state index is 14.0. The maximum Gasteiger partial charge on any atom is 0.264 e. The first-order valence-electron chi connectivity index (χ1n) is 12.8. The highest BCUT2D eigenvalue weighted by molar-refractivity contribution is 7.92. The summed E-state index contributed by atoms with van der Waals surface area (Å²) in [5, 5.41) is 2.74. The Kier molecular flexibility index (Phi) is 10.5. The zero-order valence-electron chi connectivity index (χ0n) is 23.0. The van der Waals surface area contributed by atoms with E-state index in [1.807, 2.05) is 0 Å². The molecule has 0 aliphatic carbocycles. The van der Waals surface area contributed by atoms with Gasteiger partial charge in [0.15, 0.2) is 11.5 Å². The van der Waals surface area contributed by atoms with Gasteiger partial charge < -0.3 is 19.7 Å². The van der Waals surface area contributed by atoms with E-state index in [9.17, 15) is 22.4 Å². The summed E-state index contributed by atoms with van der Waals surface area (Å²) in [5.41, 5.74) is 0.753. The van der Waals surface area contributed by atoms with Crippen LogP contribution in [0.4, 0.5) is 10.1 Å². The van der Waals surface area contributed by atoms with Crippen molar-refractivity contribution in [2.24, 2.45) is 0 Å². The largest absolute Gasteiger partial charge is 0.493 e. The van der Waals surface area contributed by atoms with Gasteiger partial charge in [-0.25, -0.2) is 12.8 Å². The second-order valence-electron chi connectivity index (χ2n) is 8.83. The summed E-state index contributed by atoms with van der Waals surface area (Å²) >= 11 is 0. The minimum Gasteiger partial charge on any atom is -0.493 e. The molecule has 9 nitrogen and oxygen atoms in total. The van der Waals surface area contributed by atoms with Gasteiger partial charge in [0.05, 0.1) is 24.8 Å². The number of likely N-dealkylation sites (N-methyl/N-ethyl adjacent to an activating group) is 1. The predicted molar refractivity (Wildman–Crippen MR) is 150 cm³/mol. The van der Waals surface area contributed by atoms with E-state index in [4.69, 9.17) is 9.47 Å². The Morgan fingerprint density at radius 1 is 0.925 bits per heavy atom. The van der Waals surface area contributed by atoms with Crippen molar-refractivity contribution in [3.8, 4) is 11.5 Å². The van der Waals surface area contributed by atoms with Crippen molar-refractivity contribution in [3.63, 3.8) is 0 Å². The van der Waals surface area contributed by atoms with Crippen LogP contribution in [0.2, 0.25) is 0 Å². The van der Waals surface area contributed by atoms with E-state index in [1.54, 1.807) is 38.1 Å². The number of nitrogens with one attached hydrogen (secondary N) is 1. The Bertz CT molecular complexity index is 1400. The molecule has 0 saturated carbocycles. The van der Waals surface area contributed by atoms with Crippen LogP contribution in [0.15, 0.2) is 77.7 Å². The number of ether oxygens (including phenoxy) is 2. The van der Waals surface area contributed by atoms with Gasteiger partial charge in [-0.1, -0.05) is 37.3 Å². The number of sulfonamides is 1. The van der Waals surface area contributed by atoms with Crippen LogP contribution < -0.4 is 19.1 Å². The Balaban J connectivity index is 2.10. The molecule has 2 amide bonds. The molecule has 0 aliphatic heterocycles. The smallest absolute Gasteiger partial charge is 0.264 e. The van der Waals surface area contributed by atoms with Gasteiger partial charge in [0.25, 0.3) is 10.0 Å². The average Bonchev–Trinajstić information content (AvgIpc) is 2.96. The zero-order chi connectivity index (χ0) is 29.3. The number of rotatable bonds is 13. The number of hydrogen-bond acceptors (Lipinski definition) is 6. The molecule has 3 aromatic rings. The number of halogens is 1. The second kappa shape index (κ2) is 13.8. The molecule has 1 atom stereocenters. The van der Waals surface area contributed by atoms with Crippen LogP contribution in [0.25, 0.3) is 0 Å². The van der Waals surface area contributed by atoms with Crippen molar-refractivity contribution in [1.29, 1.82) is 0 Å². The number of nitrogens with zero attached hydrogens (tertiary/aromatic N) is 2. The van der Waals surface area contributed by atoms with E-state index in [2.05, 4.69) is 5.32 Å². The summed E-state index contributed by atoms with van der Waals surface area (Å²) in [5.74, 6) is -0.765. The molecular weight excluding hydrogens is 537 g/mol. The van der Waals surface area contributed by atoms with Crippen molar-refractivity contribution in [2.45, 2.75) is 37.8 Å². The highest BCUT2D eigenvalue weighted by Gasteiger charge is 2.34. The predicted octanol–water partition coefficient (Wildman–Crippen LogP) is 3.98. The molecule has 0 aliphatic rings. The van der Waals surface area contributed by atoms with Gasteiger partial charge in [-0.15, -0.1) is 0 Å². The lowest BCUT2D eigenvalue weighted by Crippen LogP contribution is -2.52. The number of hydrogen-bond donors (Lipinski definition) is 1. The van der Waals surface area contributed by atoms with Crippen molar-refractivity contribution in [2.75, 3.05) is 31.6 Å². The fourth-order valence-electron chi connectivity index (χ4n) is 4.23. The second-order valence-corrected chi connectivity index (χ2v) is 10.7. The fraction of sp³-hybridized carbons (Fsp3) is 0.310. The molecule has 0 saturated heterocycles. The molecular formula is C29H34FN3O6S. The molecule has 40 heavy (non-hydrogen) atoms. The van der Waals surface area contributed by atoms with E-state index in [0.717, 1.165) is 4.31 Å². The number of anilines is 1. The number of benzene rings is 3. The van der Waals surface area contributed by atoms with E-state index >= 15 is 0 Å². The van der Waals surface area contributed by atoms with E-state index in [1.165, 1.54) is 67.7 Å². The quantitative estimate of drug-likeness (QED) is 0.333. The van der Waals surface area contributed by atoms with Crippen LogP contribution in [-0.2, 0) is 26.2 Å². The topological polar surface area (TPSA) is 105 Å². The highest BCUT2D eigenvalue weighted by atomic mass is 32.2. The lowest BCUT2D eigenvalue weighted by atomic mass is 10.1. The van der Waals surface area contributed by atoms with Gasteiger partial charge in [-0.2, -0.15) is 0 Å². The lowest BCUT2D eigenvalue weighted by molar-refractivity contribution is -0.140. The molecule has 3 rings (SSSR count). The molecule has 3 aromatic carbocycles. The SMILES string of the molecule is CCNC(=O)C(CC)N(Cc1ccc(F)cc1)C(=O)CN(c1ccc(OC)c(OC)c1)S(=O)(=O)c1ccccc1. The van der Waals surface area contributed by atoms with Gasteiger partial charge in [0, 0.05) is 19.2 Å². The summed E-state index contributed by atoms with van der Waals surface area (Å²) in [6, 6.07) is 17.0. The van der Waals surface area contributed by atoms with Crippen LogP contribution in [0.1, 0.15) is 25.8 Å². The monoisotopic (exact) mass is 571 g/mol. The Morgan fingerprint density at radius 3 is 2.15 bits per heavy atom. The normalized spacial score (nSPS) is 11.8. The fourth-order valence-corrected chi connectivity index (χ4v) is 5.65. The van der Waals surface area contributed by atoms with E-state index in [0.29, 0.717) is 17.9 Å². The van der Waals surface area contributed by atoms with Gasteiger partial charge >= 0.3 is 0 Å². The highest BCUT2D eigenvalue weighted by Crippen LogP contribution is 2.34. The molecule has 0 spiro atoms. The summed E-state index contributed by atoms with van der Waals surface area (Å²) in [4.78, 5) is 28.2. The van der Waals surface area contributed by atoms with E-state index in [-0.39, 0.29) is 35.2 Å². The van der Waals surface area contributed by atoms with E-state index < -0.39 is 34.3 Å². The van der Waals surface area contributed by atoms with Crippen LogP contribution in [0, 0.1) is 5.82 Å². The van der Waals surface area contributed by atoms with Gasteiger partial charge in [0.2, 0.25) is 11.8 Å². The van der Waals surface area contributed by atoms with Crippen molar-refractivity contribution < 1.29 is 31.9 Å². The van der Waals surface area contributed by atoms with Gasteiger partial charge in [-0.05, 0) is 55.3 Å². The van der Waals surface area contributed by atoms with Gasteiger partial charge in [0.1, 0.15) is 18.4 Å². The Labute approximate surface area is 234 Å². The minimum atomic E-state index is -4.23. The Hall–Kier alpha value is -4.12. The summed E-state index contributed by atoms with van der Waals surface area (Å²) in [7, 11) is -1.35. The first-order valence-corrected chi connectivity index (χ1v) is 14.2. The van der Waals surface area contributed by atoms with Crippen molar-refractivity contribution in [3.05, 3.63) is 84.2 Å². The van der Waals surface area contributed by atoms with Gasteiger partial charge in [-0.3, -0.25) is 13.9 Å². The third-order valence-corrected chi connectivity index (χ3v) is 8.06. The van der Waals surface area contributed by atoms with Crippen LogP contribution in [0.3, 0.4) is 0 Å². The number of amides is 2. The van der Waals surface area contributed by atoms with Crippen LogP contribution in [-0.4, -0.2) is 58.5 Å². The molecule has 1 N–H and O–H groups in total. The summed E-state index contributed by atoms with van der Waals surface area (Å²) < 4.78 is 53.0. The first kappa shape index (κ1) is 30.4. The molecule has 0 radical (unpaired) electrons. The lowest BCUT2D eigenvalue weighted by Gasteiger charge is -2.33. The molecule has 214 valence electrons. The molecule has 1 unspecified atom stereocenters. The summed E-state index contributed by atoms with van der Waals surface area (Å²) in [6.45, 7) is 3.25. The molecule has 0 heterocycles. The number of carbonyl (C=O) groups is 2. The third-order valence-electron chi connectivity index (χ3n) is 6.27. The molecule has 0 fully saturated rings. The number of methoxy groups -OCH3 is 2. The van der Waals surface area contributed by atoms with Crippen LogP contribution >= 0.6 is 0 Å². The first-order chi connectivity index (χ1) is 19.2. The number of carbonyl (C=O) groups excluding carboxylic acids is 2. The van der Waals surface area contributed by atoms with Crippen LogP contribution in [0.5, 0.6) is 11.5 Å². The third kappa shape index (κ3) is 7.09. The zero-order valence-corrected chi connectivity index (χ0v) is 23.8. The molecule has 11 heteroatoms. The molecule has 0 aromatic heterocycles. The average molecular weight is 572 g/mol. The molecule has 0 bridgehead atoms. The standard InChI is InChI=1S/C29H34FN3O6S/c1-5-25(29(35)31-6-2)32(19-21-12-14-22(30)15-13-21)28(34)20-33(40(36,37)24-10-8-7-9-11-24)23-16-17-26(38-3)27(18-23)39-4/h7-18,25H,5-6,19-20H2,1-4H3,(H,31,35). The minimum absolute atomic E-state index is 0.0153. The Morgan fingerprint density at radius 2 is 1.57 bits per heavy atom.